The summed E-state index contributed by atoms with van der Waals surface area (Å²) in [4.78, 5) is 5.69. The van der Waals surface area contributed by atoms with Gasteiger partial charge in [-0.3, -0.25) is 4.84 Å². The molecule has 24 heavy (non-hydrogen) atoms. The number of hydrogen-bond donors (Lipinski definition) is 0. The smallest absolute Gasteiger partial charge is 0.294 e. The van der Waals surface area contributed by atoms with Crippen molar-refractivity contribution in [3.63, 3.8) is 0 Å². The predicted octanol–water partition coefficient (Wildman–Crippen LogP) is 5.29. The van der Waals surface area contributed by atoms with Crippen LogP contribution in [-0.2, 0) is 17.6 Å². The highest BCUT2D eigenvalue weighted by atomic mass is 19.4. The first-order valence-corrected chi connectivity index (χ1v) is 8.17. The minimum atomic E-state index is -4.37. The van der Waals surface area contributed by atoms with Gasteiger partial charge < -0.3 is 0 Å². The van der Waals surface area contributed by atoms with Gasteiger partial charge in [-0.15, -0.1) is 0 Å². The Morgan fingerprint density at radius 2 is 1.58 bits per heavy atom. The predicted molar refractivity (Wildman–Crippen MR) is 87.1 cm³/mol. The molecular weight excluding hydrogens is 315 g/mol. The van der Waals surface area contributed by atoms with E-state index in [9.17, 15) is 13.2 Å². The number of halogens is 3. The van der Waals surface area contributed by atoms with E-state index in [1.807, 2.05) is 35.4 Å². The van der Waals surface area contributed by atoms with Crippen LogP contribution in [0.4, 0.5) is 13.2 Å². The summed E-state index contributed by atoms with van der Waals surface area (Å²) in [6, 6.07) is 13.2. The second kappa shape index (κ2) is 7.36. The molecule has 2 aromatic rings. The quantitative estimate of drug-likeness (QED) is 0.753. The van der Waals surface area contributed by atoms with Crippen molar-refractivity contribution in [3.8, 4) is 11.1 Å². The zero-order chi connectivity index (χ0) is 17.0. The number of benzene rings is 2. The molecule has 0 radical (unpaired) electrons. The van der Waals surface area contributed by atoms with Gasteiger partial charge in [0.2, 0.25) is 0 Å². The Bertz CT molecular complexity index is 664. The van der Waals surface area contributed by atoms with Crippen LogP contribution in [0.5, 0.6) is 0 Å². The molecule has 0 unspecified atom stereocenters. The van der Waals surface area contributed by atoms with Gasteiger partial charge in [0.05, 0.1) is 12.2 Å². The maximum atomic E-state index is 13.2. The Kier molecular flexibility index (Phi) is 5.21. The standard InChI is InChI=1S/C19H20F3NO/c20-19(21,22)18-12-15(14-24-23-9-5-2-6-10-23)11-17(13-18)16-7-3-1-4-8-16/h1,3-4,7-8,11-13H,2,5-6,9-10,14H2. The minimum absolute atomic E-state index is 0.157. The fraction of sp³-hybridized carbons (Fsp3) is 0.368. The Morgan fingerprint density at radius 3 is 2.25 bits per heavy atom. The number of piperidine rings is 1. The van der Waals surface area contributed by atoms with Crippen molar-refractivity contribution < 1.29 is 18.0 Å². The van der Waals surface area contributed by atoms with E-state index in [1.54, 1.807) is 6.07 Å². The first-order valence-electron chi connectivity index (χ1n) is 8.17. The topological polar surface area (TPSA) is 12.5 Å². The summed E-state index contributed by atoms with van der Waals surface area (Å²) in [5, 5.41) is 1.85. The van der Waals surface area contributed by atoms with Crippen molar-refractivity contribution in [2.45, 2.75) is 32.0 Å². The molecule has 0 saturated carbocycles. The first kappa shape index (κ1) is 17.0. The van der Waals surface area contributed by atoms with Gasteiger partial charge in [0.25, 0.3) is 0 Å². The highest BCUT2D eigenvalue weighted by molar-refractivity contribution is 5.65. The molecule has 128 valence electrons. The van der Waals surface area contributed by atoms with Crippen LogP contribution in [0.3, 0.4) is 0 Å². The van der Waals surface area contributed by atoms with Crippen LogP contribution >= 0.6 is 0 Å². The molecule has 2 aromatic carbocycles. The third-order valence-electron chi connectivity index (χ3n) is 4.16. The van der Waals surface area contributed by atoms with Gasteiger partial charge >= 0.3 is 6.18 Å². The van der Waals surface area contributed by atoms with Crippen LogP contribution in [0, 0.1) is 0 Å². The largest absolute Gasteiger partial charge is 0.416 e. The number of rotatable bonds is 4. The van der Waals surface area contributed by atoms with E-state index in [-0.39, 0.29) is 6.61 Å². The van der Waals surface area contributed by atoms with E-state index < -0.39 is 11.7 Å². The minimum Gasteiger partial charge on any atom is -0.294 e. The summed E-state index contributed by atoms with van der Waals surface area (Å²) >= 11 is 0. The fourth-order valence-electron chi connectivity index (χ4n) is 2.90. The summed E-state index contributed by atoms with van der Waals surface area (Å²) in [5.74, 6) is 0. The lowest BCUT2D eigenvalue weighted by atomic mass is 10.00. The Labute approximate surface area is 139 Å². The van der Waals surface area contributed by atoms with E-state index in [0.29, 0.717) is 11.1 Å². The van der Waals surface area contributed by atoms with E-state index in [1.165, 1.54) is 18.6 Å². The summed E-state index contributed by atoms with van der Waals surface area (Å²) in [5.41, 5.74) is 1.22. The van der Waals surface area contributed by atoms with Crippen LogP contribution in [-0.4, -0.2) is 18.2 Å². The van der Waals surface area contributed by atoms with Crippen molar-refractivity contribution >= 4 is 0 Å². The molecule has 0 aliphatic carbocycles. The molecule has 1 aliphatic rings. The molecule has 0 aromatic heterocycles. The fourth-order valence-corrected chi connectivity index (χ4v) is 2.90. The van der Waals surface area contributed by atoms with E-state index >= 15 is 0 Å². The lowest BCUT2D eigenvalue weighted by Gasteiger charge is -2.25. The molecule has 0 bridgehead atoms. The van der Waals surface area contributed by atoms with Crippen LogP contribution < -0.4 is 0 Å². The van der Waals surface area contributed by atoms with E-state index in [4.69, 9.17) is 4.84 Å². The maximum absolute atomic E-state index is 13.2. The maximum Gasteiger partial charge on any atom is 0.416 e. The summed E-state index contributed by atoms with van der Waals surface area (Å²) in [7, 11) is 0. The van der Waals surface area contributed by atoms with Gasteiger partial charge in [-0.1, -0.05) is 36.8 Å². The third kappa shape index (κ3) is 4.36. The molecule has 1 saturated heterocycles. The molecule has 2 nitrogen and oxygen atoms in total. The van der Waals surface area contributed by atoms with Crippen molar-refractivity contribution in [2.75, 3.05) is 13.1 Å². The van der Waals surface area contributed by atoms with Crippen molar-refractivity contribution in [2.24, 2.45) is 0 Å². The second-order valence-corrected chi connectivity index (χ2v) is 6.05. The number of nitrogens with zero attached hydrogens (tertiary/aromatic N) is 1. The third-order valence-corrected chi connectivity index (χ3v) is 4.16. The van der Waals surface area contributed by atoms with Crippen molar-refractivity contribution in [1.82, 2.24) is 5.06 Å². The van der Waals surface area contributed by atoms with Crippen molar-refractivity contribution in [3.05, 3.63) is 59.7 Å². The van der Waals surface area contributed by atoms with Crippen LogP contribution in [0.1, 0.15) is 30.4 Å². The summed E-state index contributed by atoms with van der Waals surface area (Å²) < 4.78 is 39.6. The highest BCUT2D eigenvalue weighted by Crippen LogP contribution is 2.33. The molecule has 0 spiro atoms. The van der Waals surface area contributed by atoms with Crippen LogP contribution in [0.2, 0.25) is 0 Å². The average Bonchev–Trinajstić information content (AvgIpc) is 2.61. The number of alkyl halides is 3. The number of hydrogen-bond acceptors (Lipinski definition) is 2. The summed E-state index contributed by atoms with van der Waals surface area (Å²) in [6.07, 6.45) is -1.05. The molecule has 5 heteroatoms. The zero-order valence-corrected chi connectivity index (χ0v) is 13.4. The molecule has 1 aliphatic heterocycles. The molecule has 1 fully saturated rings. The molecule has 3 rings (SSSR count). The molecular formula is C19H20F3NO. The monoisotopic (exact) mass is 335 g/mol. The molecule has 1 heterocycles. The van der Waals surface area contributed by atoms with Gasteiger partial charge in [0, 0.05) is 13.1 Å². The molecule has 0 N–H and O–H groups in total. The van der Waals surface area contributed by atoms with Gasteiger partial charge in [0.15, 0.2) is 0 Å². The highest BCUT2D eigenvalue weighted by Gasteiger charge is 2.31. The van der Waals surface area contributed by atoms with Crippen LogP contribution in [0.25, 0.3) is 11.1 Å². The Balaban J connectivity index is 1.84. The lowest BCUT2D eigenvalue weighted by molar-refractivity contribution is -0.178. The zero-order valence-electron chi connectivity index (χ0n) is 13.4. The molecule has 0 atom stereocenters. The van der Waals surface area contributed by atoms with Gasteiger partial charge in [-0.2, -0.15) is 18.2 Å². The van der Waals surface area contributed by atoms with Crippen LogP contribution in [0.15, 0.2) is 48.5 Å². The summed E-state index contributed by atoms with van der Waals surface area (Å²) in [6.45, 7) is 1.83. The second-order valence-electron chi connectivity index (χ2n) is 6.05. The number of hydroxylamine groups is 2. The lowest BCUT2D eigenvalue weighted by Crippen LogP contribution is -2.29. The molecule has 0 amide bonds. The van der Waals surface area contributed by atoms with Gasteiger partial charge in [-0.25, -0.2) is 0 Å². The Hall–Kier alpha value is -1.85. The van der Waals surface area contributed by atoms with E-state index in [2.05, 4.69) is 0 Å². The normalized spacial score (nSPS) is 16.3. The van der Waals surface area contributed by atoms with Gasteiger partial charge in [0.1, 0.15) is 0 Å². The first-order chi connectivity index (χ1) is 11.5. The van der Waals surface area contributed by atoms with E-state index in [0.717, 1.165) is 31.5 Å². The van der Waals surface area contributed by atoms with Gasteiger partial charge in [-0.05, 0) is 47.7 Å². The average molecular weight is 335 g/mol. The SMILES string of the molecule is FC(F)(F)c1cc(CON2CCCCC2)cc(-c2ccccc2)c1. The Morgan fingerprint density at radius 1 is 0.875 bits per heavy atom. The van der Waals surface area contributed by atoms with Crippen molar-refractivity contribution in [1.29, 1.82) is 0 Å².